The van der Waals surface area contributed by atoms with Gasteiger partial charge in [-0.2, -0.15) is 4.98 Å². The van der Waals surface area contributed by atoms with Crippen molar-refractivity contribution < 1.29 is 20.1 Å². The fourth-order valence-electron chi connectivity index (χ4n) is 3.69. The van der Waals surface area contributed by atoms with Gasteiger partial charge in [0.2, 0.25) is 0 Å². The number of ether oxygens (including phenoxy) is 1. The lowest BCUT2D eigenvalue weighted by atomic mass is 10.1. The molecule has 1 aromatic heterocycles. The third kappa shape index (κ3) is 5.52. The molecule has 1 aliphatic heterocycles. The van der Waals surface area contributed by atoms with Crippen LogP contribution in [0.25, 0.3) is 0 Å². The van der Waals surface area contributed by atoms with Crippen LogP contribution in [0.2, 0.25) is 0 Å². The number of hydrogen-bond donors (Lipinski definition) is 3. The molecule has 4 rings (SSSR count). The molecule has 33 heavy (non-hydrogen) atoms. The molecule has 0 amide bonds. The van der Waals surface area contributed by atoms with Gasteiger partial charge in [-0.1, -0.05) is 60.7 Å². The van der Waals surface area contributed by atoms with Gasteiger partial charge in [-0.15, -0.1) is 0 Å². The lowest BCUT2D eigenvalue weighted by molar-refractivity contribution is -0.0549. The number of aliphatic imine (C=N–C) groups is 1. The van der Waals surface area contributed by atoms with Crippen molar-refractivity contribution in [1.29, 1.82) is 0 Å². The highest BCUT2D eigenvalue weighted by Gasteiger charge is 2.43. The minimum Gasteiger partial charge on any atom is -0.394 e. The monoisotopic (exact) mass is 450 g/mol. The molecule has 1 aliphatic rings. The van der Waals surface area contributed by atoms with E-state index in [1.165, 1.54) is 12.3 Å². The zero-order chi connectivity index (χ0) is 23.2. The van der Waals surface area contributed by atoms with Gasteiger partial charge in [-0.25, -0.2) is 9.79 Å². The van der Waals surface area contributed by atoms with Crippen LogP contribution >= 0.6 is 0 Å². The summed E-state index contributed by atoms with van der Waals surface area (Å²) in [7, 11) is 0. The quantitative estimate of drug-likeness (QED) is 0.349. The van der Waals surface area contributed by atoms with Crippen LogP contribution in [0.3, 0.4) is 0 Å². The van der Waals surface area contributed by atoms with Crippen LogP contribution in [-0.2, 0) is 17.8 Å². The first-order chi connectivity index (χ1) is 16.0. The number of aliphatic hydroxyl groups excluding tert-OH is 3. The Labute approximate surface area is 190 Å². The summed E-state index contributed by atoms with van der Waals surface area (Å²) >= 11 is 0. The molecular weight excluding hydrogens is 424 g/mol. The fraction of sp³-hybridized carbons (Fsp3) is 0.292. The van der Waals surface area contributed by atoms with E-state index in [0.29, 0.717) is 13.1 Å². The summed E-state index contributed by atoms with van der Waals surface area (Å²) in [5, 5.41) is 29.3. The number of rotatable bonds is 8. The first kappa shape index (κ1) is 22.8. The Morgan fingerprint density at radius 3 is 2.09 bits per heavy atom. The molecule has 0 unspecified atom stereocenters. The van der Waals surface area contributed by atoms with Gasteiger partial charge in [-0.3, -0.25) is 4.57 Å². The SMILES string of the molecule is O=c1nc(N=CN(Cc2ccccc2)Cc2ccccc2)ccn1[C@@H]1O[C@H](CO)[C@@H](O)[C@H]1O. The number of aromatic nitrogens is 2. The lowest BCUT2D eigenvalue weighted by Gasteiger charge is -2.20. The van der Waals surface area contributed by atoms with Gasteiger partial charge in [0.25, 0.3) is 0 Å². The van der Waals surface area contributed by atoms with Crippen LogP contribution < -0.4 is 5.69 Å². The van der Waals surface area contributed by atoms with Crippen molar-refractivity contribution in [3.63, 3.8) is 0 Å². The summed E-state index contributed by atoms with van der Waals surface area (Å²) in [5.41, 5.74) is 1.55. The highest BCUT2D eigenvalue weighted by molar-refractivity contribution is 5.59. The molecule has 0 bridgehead atoms. The lowest BCUT2D eigenvalue weighted by Crippen LogP contribution is -2.35. The topological polar surface area (TPSA) is 120 Å². The minimum absolute atomic E-state index is 0.203. The summed E-state index contributed by atoms with van der Waals surface area (Å²) in [5.74, 6) is 0.203. The maximum Gasteiger partial charge on any atom is 0.351 e. The van der Waals surface area contributed by atoms with E-state index >= 15 is 0 Å². The second-order valence-electron chi connectivity index (χ2n) is 7.83. The summed E-state index contributed by atoms with van der Waals surface area (Å²) in [6.07, 6.45) is -1.71. The largest absolute Gasteiger partial charge is 0.394 e. The maximum atomic E-state index is 12.5. The normalized spacial score (nSPS) is 22.6. The van der Waals surface area contributed by atoms with Gasteiger partial charge in [0, 0.05) is 19.3 Å². The molecule has 1 fully saturated rings. The minimum atomic E-state index is -1.36. The fourth-order valence-corrected chi connectivity index (χ4v) is 3.69. The van der Waals surface area contributed by atoms with Crippen LogP contribution in [0, 0.1) is 0 Å². The van der Waals surface area contributed by atoms with E-state index in [1.54, 1.807) is 6.34 Å². The van der Waals surface area contributed by atoms with E-state index in [9.17, 15) is 20.1 Å². The Morgan fingerprint density at radius 2 is 1.58 bits per heavy atom. The van der Waals surface area contributed by atoms with Crippen molar-refractivity contribution in [2.75, 3.05) is 6.61 Å². The number of nitrogens with zero attached hydrogens (tertiary/aromatic N) is 4. The molecule has 2 aromatic carbocycles. The molecule has 0 radical (unpaired) electrons. The average Bonchev–Trinajstić information content (AvgIpc) is 3.12. The van der Waals surface area contributed by atoms with Crippen molar-refractivity contribution in [2.45, 2.75) is 37.6 Å². The van der Waals surface area contributed by atoms with E-state index < -0.39 is 36.8 Å². The van der Waals surface area contributed by atoms with Crippen molar-refractivity contribution in [3.05, 3.63) is 94.5 Å². The van der Waals surface area contributed by atoms with Crippen LogP contribution in [0.1, 0.15) is 17.4 Å². The molecule has 1 saturated heterocycles. The number of aliphatic hydroxyl groups is 3. The molecule has 172 valence electrons. The highest BCUT2D eigenvalue weighted by atomic mass is 16.6. The Kier molecular flexibility index (Phi) is 7.26. The molecule has 2 heterocycles. The average molecular weight is 450 g/mol. The molecule has 3 aromatic rings. The van der Waals surface area contributed by atoms with E-state index in [2.05, 4.69) is 9.98 Å². The van der Waals surface area contributed by atoms with Crippen molar-refractivity contribution >= 4 is 12.2 Å². The summed E-state index contributed by atoms with van der Waals surface area (Å²) in [6, 6.07) is 21.5. The summed E-state index contributed by atoms with van der Waals surface area (Å²) in [4.78, 5) is 22.9. The van der Waals surface area contributed by atoms with E-state index in [4.69, 9.17) is 4.74 Å². The summed E-state index contributed by atoms with van der Waals surface area (Å²) in [6.45, 7) is 0.773. The van der Waals surface area contributed by atoms with Gasteiger partial charge in [0.05, 0.1) is 12.9 Å². The van der Waals surface area contributed by atoms with E-state index in [0.717, 1.165) is 15.7 Å². The predicted octanol–water partition coefficient (Wildman–Crippen LogP) is 1.22. The number of hydrogen-bond acceptors (Lipinski definition) is 7. The summed E-state index contributed by atoms with van der Waals surface area (Å²) < 4.78 is 6.48. The molecule has 9 nitrogen and oxygen atoms in total. The zero-order valence-corrected chi connectivity index (χ0v) is 17.9. The molecule has 0 saturated carbocycles. The predicted molar refractivity (Wildman–Crippen MR) is 122 cm³/mol. The van der Waals surface area contributed by atoms with Crippen molar-refractivity contribution in [2.24, 2.45) is 4.99 Å². The van der Waals surface area contributed by atoms with Crippen LogP contribution in [0.5, 0.6) is 0 Å². The van der Waals surface area contributed by atoms with Gasteiger partial charge in [0.1, 0.15) is 18.3 Å². The Bertz CT molecular complexity index is 1080. The molecule has 3 N–H and O–H groups in total. The highest BCUT2D eigenvalue weighted by Crippen LogP contribution is 2.28. The second-order valence-corrected chi connectivity index (χ2v) is 7.83. The maximum absolute atomic E-state index is 12.5. The van der Waals surface area contributed by atoms with Gasteiger partial charge >= 0.3 is 5.69 Å². The first-order valence-electron chi connectivity index (χ1n) is 10.6. The van der Waals surface area contributed by atoms with Gasteiger partial charge < -0.3 is 25.0 Å². The molecule has 0 spiro atoms. The van der Waals surface area contributed by atoms with Crippen molar-refractivity contribution in [1.82, 2.24) is 14.5 Å². The standard InChI is InChI=1S/C24H26N4O5/c29-15-19-21(30)22(31)23(33-19)28-12-11-20(26-24(28)32)25-16-27(13-17-7-3-1-4-8-17)14-18-9-5-2-6-10-18/h1-12,16,19,21-23,29-31H,13-15H2/t19-,21-,22-,23-/m1/s1. The number of benzene rings is 2. The third-order valence-electron chi connectivity index (χ3n) is 5.42. The zero-order valence-electron chi connectivity index (χ0n) is 17.9. The van der Waals surface area contributed by atoms with E-state index in [1.807, 2.05) is 65.6 Å². The first-order valence-corrected chi connectivity index (χ1v) is 10.6. The smallest absolute Gasteiger partial charge is 0.351 e. The molecule has 4 atom stereocenters. The second kappa shape index (κ2) is 10.5. The third-order valence-corrected chi connectivity index (χ3v) is 5.42. The van der Waals surface area contributed by atoms with Crippen molar-refractivity contribution in [3.8, 4) is 0 Å². The molecule has 9 heteroatoms. The van der Waals surface area contributed by atoms with Gasteiger partial charge in [0.15, 0.2) is 12.0 Å². The van der Waals surface area contributed by atoms with Crippen LogP contribution in [-0.4, -0.2) is 61.0 Å². The van der Waals surface area contributed by atoms with Crippen LogP contribution in [0.4, 0.5) is 5.82 Å². The Morgan fingerprint density at radius 1 is 0.970 bits per heavy atom. The molecule has 0 aliphatic carbocycles. The van der Waals surface area contributed by atoms with E-state index in [-0.39, 0.29) is 5.82 Å². The van der Waals surface area contributed by atoms with Crippen LogP contribution in [0.15, 0.2) is 82.7 Å². The Balaban J connectivity index is 1.52. The Hall–Kier alpha value is -3.37. The molecular formula is C24H26N4O5. The van der Waals surface area contributed by atoms with Gasteiger partial charge in [-0.05, 0) is 17.2 Å².